The molecule has 5 nitrogen and oxygen atoms in total. The van der Waals surface area contributed by atoms with Crippen LogP contribution in [0, 0.1) is 0 Å². The lowest BCUT2D eigenvalue weighted by Gasteiger charge is -2.10. The first kappa shape index (κ1) is 12.3. The number of carboxylic acids is 1. The van der Waals surface area contributed by atoms with E-state index in [9.17, 15) is 14.7 Å². The maximum atomic E-state index is 12.3. The highest BCUT2D eigenvalue weighted by Gasteiger charge is 2.33. The molecule has 2 N–H and O–H groups in total. The molecule has 1 aliphatic heterocycles. The fourth-order valence-electron chi connectivity index (χ4n) is 2.16. The molecule has 0 aliphatic carbocycles. The molecule has 0 saturated carbocycles. The first-order valence-electron chi connectivity index (χ1n) is 5.84. The van der Waals surface area contributed by atoms with E-state index >= 15 is 0 Å². The summed E-state index contributed by atoms with van der Waals surface area (Å²) in [6.45, 7) is 0. The van der Waals surface area contributed by atoms with Crippen molar-refractivity contribution in [3.05, 3.63) is 46.3 Å². The number of fused-ring (bicyclic) bond motifs is 1. The monoisotopic (exact) mass is 277 g/mol. The van der Waals surface area contributed by atoms with Crippen LogP contribution in [-0.4, -0.2) is 17.8 Å². The quantitative estimate of drug-likeness (QED) is 0.778. The van der Waals surface area contributed by atoms with Crippen LogP contribution in [0.3, 0.4) is 0 Å². The van der Waals surface area contributed by atoms with Gasteiger partial charge in [0.05, 0.1) is 11.1 Å². The molecule has 0 spiro atoms. The second-order valence-electron chi connectivity index (χ2n) is 4.39. The highest BCUT2D eigenvalue weighted by molar-refractivity contribution is 7.99. The van der Waals surface area contributed by atoms with Gasteiger partial charge in [0.2, 0.25) is 5.43 Å². The van der Waals surface area contributed by atoms with Crippen molar-refractivity contribution in [2.24, 2.45) is 0 Å². The van der Waals surface area contributed by atoms with Crippen LogP contribution in [0.15, 0.2) is 39.7 Å². The Morgan fingerprint density at radius 3 is 2.95 bits per heavy atom. The van der Waals surface area contributed by atoms with E-state index in [4.69, 9.17) is 4.42 Å². The van der Waals surface area contributed by atoms with E-state index in [1.165, 1.54) is 18.0 Å². The van der Waals surface area contributed by atoms with Gasteiger partial charge >= 0.3 is 0 Å². The summed E-state index contributed by atoms with van der Waals surface area (Å²) in [5, 5.41) is 12.7. The maximum Gasteiger partial charge on any atom is 0.202 e. The maximum absolute atomic E-state index is 12.3. The average molecular weight is 277 g/mol. The number of thioether (sulfide) groups is 1. The molecule has 1 aliphatic rings. The number of quaternary nitrogens is 1. The molecule has 1 aromatic heterocycles. The van der Waals surface area contributed by atoms with Crippen molar-refractivity contribution >= 4 is 28.7 Å². The highest BCUT2D eigenvalue weighted by Crippen LogP contribution is 2.26. The molecule has 0 bridgehead atoms. The van der Waals surface area contributed by atoms with E-state index < -0.39 is 12.0 Å². The lowest BCUT2D eigenvalue weighted by molar-refractivity contribution is -0.690. The van der Waals surface area contributed by atoms with E-state index in [1.807, 2.05) is 0 Å². The Morgan fingerprint density at radius 1 is 1.42 bits per heavy atom. The van der Waals surface area contributed by atoms with Gasteiger partial charge in [-0.15, -0.1) is 0 Å². The predicted octanol–water partition coefficient (Wildman–Crippen LogP) is -0.780. The number of benzene rings is 1. The van der Waals surface area contributed by atoms with Gasteiger partial charge < -0.3 is 19.6 Å². The zero-order valence-corrected chi connectivity index (χ0v) is 10.7. The van der Waals surface area contributed by atoms with E-state index in [-0.39, 0.29) is 10.8 Å². The van der Waals surface area contributed by atoms with Crippen molar-refractivity contribution in [2.45, 2.75) is 11.4 Å². The Morgan fingerprint density at radius 2 is 2.21 bits per heavy atom. The number of rotatable bonds is 2. The van der Waals surface area contributed by atoms with Gasteiger partial charge in [-0.2, -0.15) is 0 Å². The molecule has 6 heteroatoms. The number of para-hydroxylation sites is 1. The van der Waals surface area contributed by atoms with Gasteiger partial charge in [0.15, 0.2) is 5.37 Å². The van der Waals surface area contributed by atoms with E-state index in [1.54, 1.807) is 29.6 Å². The molecule has 98 valence electrons. The number of aliphatic carboxylic acids is 1. The van der Waals surface area contributed by atoms with Gasteiger partial charge in [-0.3, -0.25) is 4.79 Å². The third-order valence-electron chi connectivity index (χ3n) is 3.18. The molecule has 3 rings (SSSR count). The number of hydrogen-bond donors (Lipinski definition) is 1. The van der Waals surface area contributed by atoms with E-state index in [0.717, 1.165) is 0 Å². The standard InChI is InChI=1S/C13H11NO4S/c15-11-7-3-1-2-4-10(7)18-5-8(11)12-14-9(6-19-12)13(16)17/h1-5,9,12,14H,6H2,(H,16,17)/t9-,12+/m0/s1. The van der Waals surface area contributed by atoms with Crippen LogP contribution < -0.4 is 15.9 Å². The molecule has 0 unspecified atom stereocenters. The fraction of sp³-hybridized carbons (Fsp3) is 0.231. The normalized spacial score (nSPS) is 22.7. The molecular formula is C13H11NO4S. The Kier molecular flexibility index (Phi) is 3.04. The molecule has 1 fully saturated rings. The number of nitrogens with two attached hydrogens (primary N) is 1. The van der Waals surface area contributed by atoms with Gasteiger partial charge in [-0.1, -0.05) is 23.9 Å². The zero-order valence-electron chi connectivity index (χ0n) is 9.87. The number of carbonyl (C=O) groups is 1. The van der Waals surface area contributed by atoms with Gasteiger partial charge in [0.25, 0.3) is 0 Å². The molecule has 1 aromatic carbocycles. The van der Waals surface area contributed by atoms with Crippen LogP contribution >= 0.6 is 11.8 Å². The second-order valence-corrected chi connectivity index (χ2v) is 5.56. The summed E-state index contributed by atoms with van der Waals surface area (Å²) in [6.07, 6.45) is 1.43. The minimum atomic E-state index is -1.10. The molecule has 1 saturated heterocycles. The first-order chi connectivity index (χ1) is 9.16. The summed E-state index contributed by atoms with van der Waals surface area (Å²) in [5.74, 6) is -0.667. The summed E-state index contributed by atoms with van der Waals surface area (Å²) in [4.78, 5) is 23.2. The Labute approximate surface area is 112 Å². The van der Waals surface area contributed by atoms with E-state index in [0.29, 0.717) is 22.3 Å². The van der Waals surface area contributed by atoms with Gasteiger partial charge in [-0.05, 0) is 12.1 Å². The molecular weight excluding hydrogens is 266 g/mol. The van der Waals surface area contributed by atoms with Gasteiger partial charge in [0, 0.05) is 0 Å². The minimum absolute atomic E-state index is 0.102. The topological polar surface area (TPSA) is 87.0 Å². The molecule has 2 atom stereocenters. The van der Waals surface area contributed by atoms with Gasteiger partial charge in [-0.25, -0.2) is 0 Å². The molecule has 2 aromatic rings. The molecule has 0 amide bonds. The summed E-state index contributed by atoms with van der Waals surface area (Å²) >= 11 is 1.42. The van der Waals surface area contributed by atoms with Crippen LogP contribution in [0.5, 0.6) is 0 Å². The largest absolute Gasteiger partial charge is 0.544 e. The SMILES string of the molecule is O=C([O-])[C@@H]1CS[C@H](c2coc3ccccc3c2=O)[NH2+]1. The summed E-state index contributed by atoms with van der Waals surface area (Å²) < 4.78 is 5.44. The summed E-state index contributed by atoms with van der Waals surface area (Å²) in [6, 6.07) is 6.41. The lowest BCUT2D eigenvalue weighted by atomic mass is 10.1. The van der Waals surface area contributed by atoms with Crippen molar-refractivity contribution in [2.75, 3.05) is 5.75 Å². The van der Waals surface area contributed by atoms with E-state index in [2.05, 4.69) is 0 Å². The minimum Gasteiger partial charge on any atom is -0.544 e. The molecule has 19 heavy (non-hydrogen) atoms. The Bertz CT molecular complexity index is 696. The smallest absolute Gasteiger partial charge is 0.202 e. The highest BCUT2D eigenvalue weighted by atomic mass is 32.2. The third kappa shape index (κ3) is 2.13. The third-order valence-corrected chi connectivity index (χ3v) is 4.50. The fourth-order valence-corrected chi connectivity index (χ4v) is 3.46. The Hall–Kier alpha value is -1.79. The van der Waals surface area contributed by atoms with Crippen molar-refractivity contribution in [1.29, 1.82) is 0 Å². The second kappa shape index (κ2) is 4.71. The van der Waals surface area contributed by atoms with Crippen molar-refractivity contribution in [3.63, 3.8) is 0 Å². The van der Waals surface area contributed by atoms with Gasteiger partial charge in [0.1, 0.15) is 29.4 Å². The lowest BCUT2D eigenvalue weighted by Crippen LogP contribution is -2.91. The van der Waals surface area contributed by atoms with Crippen LogP contribution in [0.2, 0.25) is 0 Å². The van der Waals surface area contributed by atoms with Crippen LogP contribution in [-0.2, 0) is 4.79 Å². The summed E-state index contributed by atoms with van der Waals surface area (Å²) in [7, 11) is 0. The summed E-state index contributed by atoms with van der Waals surface area (Å²) in [5.41, 5.74) is 0.928. The first-order valence-corrected chi connectivity index (χ1v) is 6.89. The predicted molar refractivity (Wildman–Crippen MR) is 68.4 cm³/mol. The van der Waals surface area contributed by atoms with Crippen molar-refractivity contribution < 1.29 is 19.6 Å². The van der Waals surface area contributed by atoms with Crippen LogP contribution in [0.1, 0.15) is 10.9 Å². The number of hydrogen-bond acceptors (Lipinski definition) is 5. The van der Waals surface area contributed by atoms with Crippen molar-refractivity contribution in [3.8, 4) is 0 Å². The van der Waals surface area contributed by atoms with Crippen LogP contribution in [0.25, 0.3) is 11.0 Å². The molecule has 2 heterocycles. The number of carbonyl (C=O) groups excluding carboxylic acids is 1. The Balaban J connectivity index is 2.00. The van der Waals surface area contributed by atoms with Crippen molar-refractivity contribution in [1.82, 2.24) is 0 Å². The average Bonchev–Trinajstić information content (AvgIpc) is 2.89. The zero-order chi connectivity index (χ0) is 13.4. The number of carboxylic acid groups (broad SMARTS) is 1. The molecule has 0 radical (unpaired) electrons. The van der Waals surface area contributed by atoms with Crippen LogP contribution in [0.4, 0.5) is 0 Å².